The van der Waals surface area contributed by atoms with Crippen LogP contribution in [0.2, 0.25) is 0 Å². The highest BCUT2D eigenvalue weighted by atomic mass is 16.5. The fraction of sp³-hybridized carbons (Fsp3) is 0.684. The van der Waals surface area contributed by atoms with E-state index in [1.807, 2.05) is 0 Å². The fourth-order valence-electron chi connectivity index (χ4n) is 2.35. The molecule has 0 aliphatic rings. The van der Waals surface area contributed by atoms with Crippen molar-refractivity contribution in [3.63, 3.8) is 0 Å². The third kappa shape index (κ3) is 9.65. The van der Waals surface area contributed by atoms with Gasteiger partial charge in [-0.1, -0.05) is 76.8 Å². The predicted molar refractivity (Wildman–Crippen MR) is 91.5 cm³/mol. The zero-order chi connectivity index (χ0) is 15.4. The van der Waals surface area contributed by atoms with Crippen molar-refractivity contribution in [1.82, 2.24) is 5.32 Å². The lowest BCUT2D eigenvalue weighted by molar-refractivity contribution is 0.0595. The van der Waals surface area contributed by atoms with E-state index in [1.165, 1.54) is 37.7 Å². The van der Waals surface area contributed by atoms with Crippen LogP contribution in [-0.4, -0.2) is 19.8 Å². The van der Waals surface area contributed by atoms with Gasteiger partial charge in [-0.05, 0) is 12.0 Å². The lowest BCUT2D eigenvalue weighted by Crippen LogP contribution is -2.33. The Morgan fingerprint density at radius 3 is 2.43 bits per heavy atom. The number of ether oxygens (including phenoxy) is 1. The molecule has 21 heavy (non-hydrogen) atoms. The average molecular weight is 291 g/mol. The fourth-order valence-corrected chi connectivity index (χ4v) is 2.35. The van der Waals surface area contributed by atoms with Crippen molar-refractivity contribution >= 4 is 0 Å². The van der Waals surface area contributed by atoms with E-state index >= 15 is 0 Å². The first kappa shape index (κ1) is 18.2. The summed E-state index contributed by atoms with van der Waals surface area (Å²) >= 11 is 0. The number of hydrogen-bond acceptors (Lipinski definition) is 2. The van der Waals surface area contributed by atoms with Gasteiger partial charge >= 0.3 is 0 Å². The monoisotopic (exact) mass is 291 g/mol. The maximum atomic E-state index is 5.84. The summed E-state index contributed by atoms with van der Waals surface area (Å²) in [6, 6.07) is 10.6. The third-order valence-electron chi connectivity index (χ3n) is 3.66. The SMILES string of the molecule is CCCCCCCOCC(C)(C)CNCc1ccccc1. The highest BCUT2D eigenvalue weighted by molar-refractivity contribution is 5.14. The van der Waals surface area contributed by atoms with Crippen LogP contribution in [-0.2, 0) is 11.3 Å². The molecule has 1 N–H and O–H groups in total. The van der Waals surface area contributed by atoms with Crippen molar-refractivity contribution in [1.29, 1.82) is 0 Å². The van der Waals surface area contributed by atoms with Crippen LogP contribution in [0.15, 0.2) is 30.3 Å². The predicted octanol–water partition coefficient (Wildman–Crippen LogP) is 4.79. The summed E-state index contributed by atoms with van der Waals surface area (Å²) in [5.74, 6) is 0. The van der Waals surface area contributed by atoms with E-state index in [2.05, 4.69) is 56.4 Å². The van der Waals surface area contributed by atoms with E-state index in [9.17, 15) is 0 Å². The molecule has 1 aromatic rings. The van der Waals surface area contributed by atoms with Crippen molar-refractivity contribution in [3.8, 4) is 0 Å². The van der Waals surface area contributed by atoms with Gasteiger partial charge in [-0.2, -0.15) is 0 Å². The molecule has 2 nitrogen and oxygen atoms in total. The van der Waals surface area contributed by atoms with Crippen LogP contribution in [0, 0.1) is 5.41 Å². The highest BCUT2D eigenvalue weighted by Gasteiger charge is 2.17. The topological polar surface area (TPSA) is 21.3 Å². The molecule has 0 atom stereocenters. The molecular weight excluding hydrogens is 258 g/mol. The minimum absolute atomic E-state index is 0.193. The largest absolute Gasteiger partial charge is 0.381 e. The molecular formula is C19H33NO. The maximum absolute atomic E-state index is 5.84. The summed E-state index contributed by atoms with van der Waals surface area (Å²) in [4.78, 5) is 0. The molecule has 0 spiro atoms. The third-order valence-corrected chi connectivity index (χ3v) is 3.66. The molecule has 0 unspecified atom stereocenters. The highest BCUT2D eigenvalue weighted by Crippen LogP contribution is 2.15. The van der Waals surface area contributed by atoms with Gasteiger partial charge in [-0.15, -0.1) is 0 Å². The van der Waals surface area contributed by atoms with E-state index < -0.39 is 0 Å². The number of benzene rings is 1. The standard InChI is InChI=1S/C19H33NO/c1-4-5-6-7-11-14-21-17-19(2,3)16-20-15-18-12-9-8-10-13-18/h8-10,12-13,20H,4-7,11,14-17H2,1-3H3. The number of unbranched alkanes of at least 4 members (excludes halogenated alkanes) is 4. The van der Waals surface area contributed by atoms with Gasteiger partial charge in [0.15, 0.2) is 0 Å². The first-order valence-corrected chi connectivity index (χ1v) is 8.46. The Labute approximate surface area is 131 Å². The second-order valence-electron chi connectivity index (χ2n) is 6.72. The molecule has 0 radical (unpaired) electrons. The smallest absolute Gasteiger partial charge is 0.0529 e. The van der Waals surface area contributed by atoms with Gasteiger partial charge in [-0.3, -0.25) is 0 Å². The Morgan fingerprint density at radius 2 is 1.71 bits per heavy atom. The molecule has 0 bridgehead atoms. The van der Waals surface area contributed by atoms with Crippen LogP contribution < -0.4 is 5.32 Å². The Hall–Kier alpha value is -0.860. The normalized spacial score (nSPS) is 11.8. The number of nitrogens with one attached hydrogen (secondary N) is 1. The van der Waals surface area contributed by atoms with E-state index in [-0.39, 0.29) is 5.41 Å². The quantitative estimate of drug-likeness (QED) is 0.559. The first-order chi connectivity index (χ1) is 10.1. The molecule has 0 aliphatic carbocycles. The van der Waals surface area contributed by atoms with Gasteiger partial charge < -0.3 is 10.1 Å². The second-order valence-corrected chi connectivity index (χ2v) is 6.72. The maximum Gasteiger partial charge on any atom is 0.0529 e. The first-order valence-electron chi connectivity index (χ1n) is 8.46. The van der Waals surface area contributed by atoms with Crippen molar-refractivity contribution in [3.05, 3.63) is 35.9 Å². The molecule has 1 rings (SSSR count). The lowest BCUT2D eigenvalue weighted by atomic mass is 9.95. The van der Waals surface area contributed by atoms with Gasteiger partial charge in [0.25, 0.3) is 0 Å². The molecule has 0 aliphatic heterocycles. The summed E-state index contributed by atoms with van der Waals surface area (Å²) in [5, 5.41) is 3.53. The summed E-state index contributed by atoms with van der Waals surface area (Å²) in [6.07, 6.45) is 6.52. The van der Waals surface area contributed by atoms with E-state index in [0.717, 1.165) is 26.3 Å². The van der Waals surface area contributed by atoms with Gasteiger partial charge in [0.2, 0.25) is 0 Å². The molecule has 0 heterocycles. The Bertz CT molecular complexity index is 348. The average Bonchev–Trinajstić information content (AvgIpc) is 2.47. The molecule has 0 saturated carbocycles. The minimum atomic E-state index is 0.193. The van der Waals surface area contributed by atoms with Crippen molar-refractivity contribution in [2.75, 3.05) is 19.8 Å². The van der Waals surface area contributed by atoms with Gasteiger partial charge in [-0.25, -0.2) is 0 Å². The van der Waals surface area contributed by atoms with Crippen molar-refractivity contribution in [2.24, 2.45) is 5.41 Å². The minimum Gasteiger partial charge on any atom is -0.381 e. The Morgan fingerprint density at radius 1 is 1.00 bits per heavy atom. The van der Waals surface area contributed by atoms with E-state index in [1.54, 1.807) is 0 Å². The second kappa shape index (κ2) is 10.8. The Kier molecular flexibility index (Phi) is 9.36. The van der Waals surface area contributed by atoms with Crippen molar-refractivity contribution < 1.29 is 4.74 Å². The van der Waals surface area contributed by atoms with Crippen LogP contribution in [0.4, 0.5) is 0 Å². The zero-order valence-corrected chi connectivity index (χ0v) is 14.2. The molecule has 0 fully saturated rings. The van der Waals surface area contributed by atoms with E-state index in [4.69, 9.17) is 4.74 Å². The van der Waals surface area contributed by atoms with Gasteiger partial charge in [0.1, 0.15) is 0 Å². The molecule has 2 heteroatoms. The van der Waals surface area contributed by atoms with Crippen LogP contribution in [0.1, 0.15) is 58.4 Å². The molecule has 0 amide bonds. The lowest BCUT2D eigenvalue weighted by Gasteiger charge is -2.25. The summed E-state index contributed by atoms with van der Waals surface area (Å²) < 4.78 is 5.84. The van der Waals surface area contributed by atoms with Gasteiger partial charge in [0.05, 0.1) is 6.61 Å². The van der Waals surface area contributed by atoms with Crippen LogP contribution >= 0.6 is 0 Å². The summed E-state index contributed by atoms with van der Waals surface area (Å²) in [5.41, 5.74) is 1.53. The summed E-state index contributed by atoms with van der Waals surface area (Å²) in [6.45, 7) is 10.4. The van der Waals surface area contributed by atoms with E-state index in [0.29, 0.717) is 0 Å². The molecule has 0 aromatic heterocycles. The van der Waals surface area contributed by atoms with Crippen LogP contribution in [0.5, 0.6) is 0 Å². The van der Waals surface area contributed by atoms with Crippen molar-refractivity contribution in [2.45, 2.75) is 59.4 Å². The molecule has 0 saturated heterocycles. The molecule has 1 aromatic carbocycles. The number of hydrogen-bond donors (Lipinski definition) is 1. The van der Waals surface area contributed by atoms with Crippen LogP contribution in [0.3, 0.4) is 0 Å². The van der Waals surface area contributed by atoms with Crippen LogP contribution in [0.25, 0.3) is 0 Å². The molecule has 120 valence electrons. The summed E-state index contributed by atoms with van der Waals surface area (Å²) in [7, 11) is 0. The zero-order valence-electron chi connectivity index (χ0n) is 14.2. The van der Waals surface area contributed by atoms with Gasteiger partial charge in [0, 0.05) is 25.1 Å². The Balaban J connectivity index is 2.04. The number of rotatable bonds is 12.